The predicted molar refractivity (Wildman–Crippen MR) is 109 cm³/mol. The molecule has 0 spiro atoms. The fourth-order valence-electron chi connectivity index (χ4n) is 3.29. The summed E-state index contributed by atoms with van der Waals surface area (Å²) in [5.74, 6) is 0.0673. The summed E-state index contributed by atoms with van der Waals surface area (Å²) in [4.78, 5) is 11.0. The van der Waals surface area contributed by atoms with Crippen molar-refractivity contribution in [2.45, 2.75) is 26.1 Å². The van der Waals surface area contributed by atoms with Crippen LogP contribution in [0.2, 0.25) is 0 Å². The van der Waals surface area contributed by atoms with Crippen LogP contribution in [0.1, 0.15) is 22.4 Å². The van der Waals surface area contributed by atoms with Gasteiger partial charge in [0, 0.05) is 16.3 Å². The number of aliphatic carboxylic acids is 1. The summed E-state index contributed by atoms with van der Waals surface area (Å²) in [6, 6.07) is 9.93. The number of carboxylic acid groups (broad SMARTS) is 1. The number of benzene rings is 2. The van der Waals surface area contributed by atoms with E-state index in [0.717, 1.165) is 33.3 Å². The average molecular weight is 447 g/mol. The van der Waals surface area contributed by atoms with Crippen LogP contribution < -0.4 is 4.74 Å². The van der Waals surface area contributed by atoms with E-state index in [9.17, 15) is 18.0 Å². The van der Waals surface area contributed by atoms with E-state index in [1.807, 2.05) is 24.4 Å². The number of thiophene rings is 1. The topological polar surface area (TPSA) is 72.6 Å². The molecule has 31 heavy (non-hydrogen) atoms. The first-order chi connectivity index (χ1) is 14.7. The highest BCUT2D eigenvalue weighted by Crippen LogP contribution is 2.34. The van der Waals surface area contributed by atoms with E-state index in [0.29, 0.717) is 22.8 Å². The van der Waals surface area contributed by atoms with E-state index in [1.54, 1.807) is 6.07 Å². The Bertz CT molecular complexity index is 1240. The zero-order chi connectivity index (χ0) is 22.2. The molecule has 0 saturated heterocycles. The molecule has 2 heterocycles. The lowest BCUT2D eigenvalue weighted by Gasteiger charge is -2.07. The van der Waals surface area contributed by atoms with Crippen LogP contribution in [0.5, 0.6) is 5.75 Å². The minimum atomic E-state index is -4.39. The quantitative estimate of drug-likeness (QED) is 0.387. The number of aromatic nitrogens is 1. The molecule has 0 radical (unpaired) electrons. The molecular weight excluding hydrogens is 431 g/mol. The van der Waals surface area contributed by atoms with E-state index >= 15 is 0 Å². The maximum Gasteiger partial charge on any atom is 0.416 e. The molecule has 0 bridgehead atoms. The lowest BCUT2D eigenvalue weighted by atomic mass is 10.1. The van der Waals surface area contributed by atoms with Gasteiger partial charge in [-0.2, -0.15) is 13.2 Å². The Morgan fingerprint density at radius 1 is 1.19 bits per heavy atom. The minimum Gasteiger partial charge on any atom is -0.487 e. The lowest BCUT2D eigenvalue weighted by Crippen LogP contribution is -2.03. The minimum absolute atomic E-state index is 0.0350. The molecule has 9 heteroatoms. The average Bonchev–Trinajstić information content (AvgIpc) is 3.33. The van der Waals surface area contributed by atoms with Gasteiger partial charge in [0.25, 0.3) is 0 Å². The first-order valence-corrected chi connectivity index (χ1v) is 10.1. The van der Waals surface area contributed by atoms with Crippen LogP contribution in [0.25, 0.3) is 21.4 Å². The molecule has 0 unspecified atom stereocenters. The van der Waals surface area contributed by atoms with Crippen LogP contribution in [0.4, 0.5) is 13.2 Å². The first-order valence-electron chi connectivity index (χ1n) is 9.19. The molecule has 0 atom stereocenters. The predicted octanol–water partition coefficient (Wildman–Crippen LogP) is 6.09. The highest BCUT2D eigenvalue weighted by Gasteiger charge is 2.30. The number of alkyl halides is 3. The van der Waals surface area contributed by atoms with Crippen LogP contribution >= 0.6 is 11.3 Å². The Balaban J connectivity index is 1.47. The van der Waals surface area contributed by atoms with Crippen LogP contribution in [0, 0.1) is 6.92 Å². The molecular formula is C22H16F3NO4S. The van der Waals surface area contributed by atoms with Crippen LogP contribution in [0.3, 0.4) is 0 Å². The maximum atomic E-state index is 12.7. The Morgan fingerprint density at radius 2 is 1.94 bits per heavy atom. The van der Waals surface area contributed by atoms with Crippen molar-refractivity contribution in [3.8, 4) is 17.1 Å². The third kappa shape index (κ3) is 4.56. The second-order valence-corrected chi connectivity index (χ2v) is 7.90. The summed E-state index contributed by atoms with van der Waals surface area (Å²) in [7, 11) is 0. The van der Waals surface area contributed by atoms with Gasteiger partial charge in [0.05, 0.1) is 12.0 Å². The van der Waals surface area contributed by atoms with Crippen molar-refractivity contribution in [1.29, 1.82) is 0 Å². The zero-order valence-corrected chi connectivity index (χ0v) is 17.0. The van der Waals surface area contributed by atoms with Crippen LogP contribution in [-0.2, 0) is 24.0 Å². The number of fused-ring (bicyclic) bond motifs is 1. The van der Waals surface area contributed by atoms with Gasteiger partial charge in [-0.25, -0.2) is 0 Å². The van der Waals surface area contributed by atoms with Gasteiger partial charge in [-0.05, 0) is 53.1 Å². The smallest absolute Gasteiger partial charge is 0.416 e. The van der Waals surface area contributed by atoms with E-state index in [4.69, 9.17) is 14.4 Å². The number of ether oxygens (including phenoxy) is 1. The third-order valence-corrected chi connectivity index (χ3v) is 5.68. The molecule has 160 valence electrons. The highest BCUT2D eigenvalue weighted by molar-refractivity contribution is 7.17. The van der Waals surface area contributed by atoms with Crippen molar-refractivity contribution < 1.29 is 32.3 Å². The van der Waals surface area contributed by atoms with Crippen LogP contribution in [0.15, 0.2) is 52.4 Å². The molecule has 5 nitrogen and oxygen atoms in total. The van der Waals surface area contributed by atoms with Gasteiger partial charge in [0.15, 0.2) is 5.76 Å². The molecule has 0 aliphatic heterocycles. The van der Waals surface area contributed by atoms with Gasteiger partial charge in [0.1, 0.15) is 18.1 Å². The fraction of sp³-hybridized carbons (Fsp3) is 0.182. The zero-order valence-electron chi connectivity index (χ0n) is 16.2. The number of carbonyl (C=O) groups is 1. The largest absolute Gasteiger partial charge is 0.487 e. The van der Waals surface area contributed by atoms with Gasteiger partial charge in [0.2, 0.25) is 0 Å². The summed E-state index contributed by atoms with van der Waals surface area (Å²) < 4.78 is 50.0. The normalized spacial score (nSPS) is 11.7. The Hall–Kier alpha value is -3.33. The summed E-state index contributed by atoms with van der Waals surface area (Å²) in [6.45, 7) is 2.01. The molecule has 0 saturated carbocycles. The summed E-state index contributed by atoms with van der Waals surface area (Å²) >= 11 is 1.45. The van der Waals surface area contributed by atoms with Crippen molar-refractivity contribution in [2.24, 2.45) is 0 Å². The van der Waals surface area contributed by atoms with Gasteiger partial charge < -0.3 is 14.4 Å². The van der Waals surface area contributed by atoms with E-state index in [2.05, 4.69) is 5.16 Å². The van der Waals surface area contributed by atoms with Crippen molar-refractivity contribution in [2.75, 3.05) is 0 Å². The third-order valence-electron chi connectivity index (χ3n) is 4.71. The van der Waals surface area contributed by atoms with Gasteiger partial charge >= 0.3 is 12.1 Å². The van der Waals surface area contributed by atoms with E-state index in [-0.39, 0.29) is 13.0 Å². The molecule has 1 N–H and O–H groups in total. The molecule has 0 fully saturated rings. The van der Waals surface area contributed by atoms with Crippen molar-refractivity contribution in [3.63, 3.8) is 0 Å². The first kappa shape index (κ1) is 20.9. The van der Waals surface area contributed by atoms with Gasteiger partial charge in [-0.1, -0.05) is 17.3 Å². The molecule has 4 aromatic rings. The van der Waals surface area contributed by atoms with E-state index in [1.165, 1.54) is 23.5 Å². The number of carboxylic acids is 1. The molecule has 2 aromatic heterocycles. The molecule has 0 aliphatic carbocycles. The molecule has 4 rings (SSSR count). The summed E-state index contributed by atoms with van der Waals surface area (Å²) in [5.41, 5.74) is 1.92. The number of nitrogens with zero attached hydrogens (tertiary/aromatic N) is 1. The summed E-state index contributed by atoms with van der Waals surface area (Å²) in [6.07, 6.45) is -4.43. The van der Waals surface area contributed by atoms with Crippen molar-refractivity contribution >= 4 is 27.4 Å². The Kier molecular flexibility index (Phi) is 5.45. The number of halogens is 3. The molecule has 0 aliphatic rings. The van der Waals surface area contributed by atoms with E-state index < -0.39 is 17.7 Å². The van der Waals surface area contributed by atoms with Gasteiger partial charge in [-0.15, -0.1) is 11.3 Å². The standard InChI is InChI=1S/C22H16F3NO4S/c1-12-6-17(9-19-21(12)14(11-31-19)7-20(27)28)29-10-16-8-18(30-26-16)13-2-4-15(5-3-13)22(23,24)25/h2-6,8-9,11H,7,10H2,1H3,(H,27,28). The van der Waals surface area contributed by atoms with Gasteiger partial charge in [-0.3, -0.25) is 4.79 Å². The fourth-order valence-corrected chi connectivity index (χ4v) is 4.36. The Labute approximate surface area is 178 Å². The van der Waals surface area contributed by atoms with Crippen molar-refractivity contribution in [1.82, 2.24) is 5.16 Å². The maximum absolute atomic E-state index is 12.7. The second kappa shape index (κ2) is 8.07. The number of rotatable bonds is 6. The number of hydrogen-bond donors (Lipinski definition) is 1. The highest BCUT2D eigenvalue weighted by atomic mass is 32.1. The molecule has 2 aromatic carbocycles. The summed E-state index contributed by atoms with van der Waals surface area (Å²) in [5, 5.41) is 15.7. The monoisotopic (exact) mass is 447 g/mol. The van der Waals surface area contributed by atoms with Crippen molar-refractivity contribution in [3.05, 3.63) is 70.2 Å². The van der Waals surface area contributed by atoms with Crippen LogP contribution in [-0.4, -0.2) is 16.2 Å². The lowest BCUT2D eigenvalue weighted by molar-refractivity contribution is -0.138. The SMILES string of the molecule is Cc1cc(OCc2cc(-c3ccc(C(F)(F)F)cc3)on2)cc2scc(CC(=O)O)c12. The molecule has 0 amide bonds. The Morgan fingerprint density at radius 3 is 2.61 bits per heavy atom. The number of hydrogen-bond acceptors (Lipinski definition) is 5. The second-order valence-electron chi connectivity index (χ2n) is 6.99. The number of aryl methyl sites for hydroxylation is 1.